The molecule has 1 aromatic carbocycles. The van der Waals surface area contributed by atoms with Crippen molar-refractivity contribution in [3.63, 3.8) is 0 Å². The molecule has 1 rings (SSSR count). The number of benzene rings is 1. The summed E-state index contributed by atoms with van der Waals surface area (Å²) in [6, 6.07) is 2.91. The summed E-state index contributed by atoms with van der Waals surface area (Å²) in [6.07, 6.45) is 0.625. The first-order valence-corrected chi connectivity index (χ1v) is 4.88. The van der Waals surface area contributed by atoms with Gasteiger partial charge in [-0.25, -0.2) is 0 Å². The molecule has 0 fully saturated rings. The van der Waals surface area contributed by atoms with Gasteiger partial charge in [-0.05, 0) is 6.07 Å². The monoisotopic (exact) mass is 238 g/mol. The summed E-state index contributed by atoms with van der Waals surface area (Å²) in [5, 5.41) is 2.42. The molecule has 0 bridgehead atoms. The van der Waals surface area contributed by atoms with Gasteiger partial charge >= 0.3 is 0 Å². The van der Waals surface area contributed by atoms with Crippen molar-refractivity contribution in [2.24, 2.45) is 0 Å². The van der Waals surface area contributed by atoms with Gasteiger partial charge in [-0.2, -0.15) is 0 Å². The van der Waals surface area contributed by atoms with E-state index in [4.69, 9.17) is 15.2 Å². The molecule has 0 aliphatic carbocycles. The number of ether oxygens (including phenoxy) is 2. The van der Waals surface area contributed by atoms with Crippen molar-refractivity contribution in [1.82, 2.24) is 5.32 Å². The number of hydrogen-bond acceptors (Lipinski definition) is 5. The van der Waals surface area contributed by atoms with Gasteiger partial charge in [-0.1, -0.05) is 0 Å². The summed E-state index contributed by atoms with van der Waals surface area (Å²) in [6.45, 7) is -0.146. The van der Waals surface area contributed by atoms with Crippen LogP contribution in [0.1, 0.15) is 10.4 Å². The van der Waals surface area contributed by atoms with Crippen LogP contribution >= 0.6 is 0 Å². The van der Waals surface area contributed by atoms with E-state index in [-0.39, 0.29) is 18.2 Å². The average Bonchev–Trinajstić information content (AvgIpc) is 2.35. The Morgan fingerprint density at radius 3 is 2.71 bits per heavy atom. The standard InChI is InChI=1S/C11H14N2O4/c1-13-11(15)6-17-10-4-8(12)7(5-14)3-9(10)16-2/h3-5H,6,12H2,1-2H3,(H,13,15). The van der Waals surface area contributed by atoms with Crippen LogP contribution < -0.4 is 20.5 Å². The van der Waals surface area contributed by atoms with Crippen LogP contribution in [0.2, 0.25) is 0 Å². The molecule has 92 valence electrons. The van der Waals surface area contributed by atoms with Gasteiger partial charge < -0.3 is 20.5 Å². The number of rotatable bonds is 5. The lowest BCUT2D eigenvalue weighted by atomic mass is 10.2. The molecule has 6 nitrogen and oxygen atoms in total. The highest BCUT2D eigenvalue weighted by molar-refractivity contribution is 5.85. The molecule has 1 aromatic rings. The van der Waals surface area contributed by atoms with E-state index in [9.17, 15) is 9.59 Å². The largest absolute Gasteiger partial charge is 0.493 e. The Balaban J connectivity index is 2.94. The minimum atomic E-state index is -0.273. The van der Waals surface area contributed by atoms with Crippen LogP contribution in [-0.2, 0) is 4.79 Å². The topological polar surface area (TPSA) is 90.6 Å². The van der Waals surface area contributed by atoms with Crippen molar-refractivity contribution >= 4 is 17.9 Å². The molecule has 0 saturated carbocycles. The van der Waals surface area contributed by atoms with Crippen molar-refractivity contribution in [3.8, 4) is 11.5 Å². The second-order valence-electron chi connectivity index (χ2n) is 3.21. The zero-order chi connectivity index (χ0) is 12.8. The molecule has 0 saturated heterocycles. The highest BCUT2D eigenvalue weighted by Gasteiger charge is 2.10. The van der Waals surface area contributed by atoms with E-state index < -0.39 is 0 Å². The van der Waals surface area contributed by atoms with Gasteiger partial charge in [0.05, 0.1) is 7.11 Å². The molecule has 0 aromatic heterocycles. The van der Waals surface area contributed by atoms with Crippen LogP contribution in [0.3, 0.4) is 0 Å². The minimum absolute atomic E-state index is 0.146. The number of likely N-dealkylation sites (N-methyl/N-ethyl adjacent to an activating group) is 1. The SMILES string of the molecule is CNC(=O)COc1cc(N)c(C=O)cc1OC. The molecule has 3 N–H and O–H groups in total. The molecule has 0 unspecified atom stereocenters. The third-order valence-electron chi connectivity index (χ3n) is 2.13. The normalized spacial score (nSPS) is 9.53. The number of nitrogen functional groups attached to an aromatic ring is 1. The van der Waals surface area contributed by atoms with Crippen molar-refractivity contribution in [3.05, 3.63) is 17.7 Å². The van der Waals surface area contributed by atoms with E-state index in [0.717, 1.165) is 0 Å². The molecule has 0 radical (unpaired) electrons. The molecule has 0 aliphatic rings. The van der Waals surface area contributed by atoms with Crippen LogP contribution in [0.15, 0.2) is 12.1 Å². The Morgan fingerprint density at radius 2 is 2.18 bits per heavy atom. The van der Waals surface area contributed by atoms with Crippen molar-refractivity contribution in [1.29, 1.82) is 0 Å². The Bertz CT molecular complexity index is 432. The van der Waals surface area contributed by atoms with Gasteiger partial charge in [-0.3, -0.25) is 9.59 Å². The third kappa shape index (κ3) is 3.10. The zero-order valence-corrected chi connectivity index (χ0v) is 9.65. The summed E-state index contributed by atoms with van der Waals surface area (Å²) < 4.78 is 10.3. The maximum Gasteiger partial charge on any atom is 0.257 e. The van der Waals surface area contributed by atoms with E-state index in [0.29, 0.717) is 23.3 Å². The van der Waals surface area contributed by atoms with Crippen molar-refractivity contribution in [2.75, 3.05) is 26.5 Å². The summed E-state index contributed by atoms with van der Waals surface area (Å²) in [7, 11) is 2.94. The lowest BCUT2D eigenvalue weighted by Crippen LogP contribution is -2.25. The number of aldehydes is 1. The number of methoxy groups -OCH3 is 1. The molecule has 1 amide bonds. The van der Waals surface area contributed by atoms with E-state index in [1.165, 1.54) is 26.3 Å². The fourth-order valence-electron chi connectivity index (χ4n) is 1.18. The third-order valence-corrected chi connectivity index (χ3v) is 2.13. The Morgan fingerprint density at radius 1 is 1.47 bits per heavy atom. The van der Waals surface area contributed by atoms with Gasteiger partial charge in [0.2, 0.25) is 0 Å². The summed E-state index contributed by atoms with van der Waals surface area (Å²) in [5.74, 6) is 0.398. The quantitative estimate of drug-likeness (QED) is 0.565. The van der Waals surface area contributed by atoms with Crippen molar-refractivity contribution in [2.45, 2.75) is 0 Å². The predicted octanol–water partition coefficient (Wildman–Crippen LogP) is 0.215. The number of hydrogen-bond donors (Lipinski definition) is 2. The second-order valence-corrected chi connectivity index (χ2v) is 3.21. The van der Waals surface area contributed by atoms with Crippen LogP contribution in [-0.4, -0.2) is 33.0 Å². The number of amides is 1. The number of carbonyl (C=O) groups is 2. The fraction of sp³-hybridized carbons (Fsp3) is 0.273. The van der Waals surface area contributed by atoms with Gasteiger partial charge in [0.1, 0.15) is 0 Å². The van der Waals surface area contributed by atoms with Gasteiger partial charge in [0, 0.05) is 24.4 Å². The van der Waals surface area contributed by atoms with Crippen LogP contribution in [0.4, 0.5) is 5.69 Å². The summed E-state index contributed by atoms with van der Waals surface area (Å²) in [4.78, 5) is 21.7. The molecule has 6 heteroatoms. The van der Waals surface area contributed by atoms with E-state index in [2.05, 4.69) is 5.32 Å². The molecular formula is C11H14N2O4. The average molecular weight is 238 g/mol. The molecule has 0 spiro atoms. The molecular weight excluding hydrogens is 224 g/mol. The highest BCUT2D eigenvalue weighted by atomic mass is 16.5. The molecule has 0 aliphatic heterocycles. The first-order chi connectivity index (χ1) is 8.12. The lowest BCUT2D eigenvalue weighted by Gasteiger charge is -2.11. The highest BCUT2D eigenvalue weighted by Crippen LogP contribution is 2.31. The number of carbonyl (C=O) groups excluding carboxylic acids is 2. The molecule has 0 atom stereocenters. The van der Waals surface area contributed by atoms with E-state index in [1.54, 1.807) is 0 Å². The Hall–Kier alpha value is -2.24. The summed E-state index contributed by atoms with van der Waals surface area (Å²) in [5.41, 5.74) is 6.21. The Labute approximate surface area is 98.7 Å². The number of nitrogens with two attached hydrogens (primary N) is 1. The minimum Gasteiger partial charge on any atom is -0.493 e. The van der Waals surface area contributed by atoms with E-state index in [1.807, 2.05) is 0 Å². The first kappa shape index (κ1) is 12.8. The van der Waals surface area contributed by atoms with Crippen LogP contribution in [0.5, 0.6) is 11.5 Å². The van der Waals surface area contributed by atoms with Gasteiger partial charge in [0.15, 0.2) is 24.4 Å². The van der Waals surface area contributed by atoms with Crippen molar-refractivity contribution < 1.29 is 19.1 Å². The maximum atomic E-state index is 11.0. The maximum absolute atomic E-state index is 11.0. The number of nitrogens with one attached hydrogen (secondary N) is 1. The zero-order valence-electron chi connectivity index (χ0n) is 9.65. The smallest absolute Gasteiger partial charge is 0.257 e. The second kappa shape index (κ2) is 5.74. The fourth-order valence-corrected chi connectivity index (χ4v) is 1.18. The first-order valence-electron chi connectivity index (χ1n) is 4.88. The van der Waals surface area contributed by atoms with Gasteiger partial charge in [-0.15, -0.1) is 0 Å². The van der Waals surface area contributed by atoms with Gasteiger partial charge in [0.25, 0.3) is 5.91 Å². The number of anilines is 1. The summed E-state index contributed by atoms with van der Waals surface area (Å²) >= 11 is 0. The molecule has 17 heavy (non-hydrogen) atoms. The lowest BCUT2D eigenvalue weighted by molar-refractivity contribution is -0.122. The van der Waals surface area contributed by atoms with E-state index >= 15 is 0 Å². The predicted molar refractivity (Wildman–Crippen MR) is 62.4 cm³/mol. The van der Waals surface area contributed by atoms with Crippen LogP contribution in [0.25, 0.3) is 0 Å². The molecule has 0 heterocycles. The van der Waals surface area contributed by atoms with Crippen LogP contribution in [0, 0.1) is 0 Å². The Kier molecular flexibility index (Phi) is 4.33.